The SMILES string of the molecule is CC\C=C/C=C\C=C/C=C\CCCCCCCC(=O)OC(COC(=O)CC/C=C\C/C=C\CCCCCCCC)COC(=O)CCCCCCC\C=C/C=C\C=C/C=C\C=C/CCC. The van der Waals surface area contributed by atoms with Crippen LogP contribution in [-0.2, 0) is 28.6 Å². The molecule has 1 atom stereocenters. The smallest absolute Gasteiger partial charge is 0.306 e. The van der Waals surface area contributed by atoms with Gasteiger partial charge in [-0.25, -0.2) is 0 Å². The van der Waals surface area contributed by atoms with Gasteiger partial charge in [0.15, 0.2) is 6.10 Å². The number of esters is 3. The number of hydrogen-bond acceptors (Lipinski definition) is 6. The number of allylic oxidation sites excluding steroid dienone is 22. The molecule has 0 rings (SSSR count). The Morgan fingerprint density at radius 3 is 1.23 bits per heavy atom. The van der Waals surface area contributed by atoms with Crippen LogP contribution in [0.1, 0.15) is 194 Å². The zero-order valence-corrected chi connectivity index (χ0v) is 40.7. The summed E-state index contributed by atoms with van der Waals surface area (Å²) in [5.74, 6) is -1.05. The summed E-state index contributed by atoms with van der Waals surface area (Å²) in [5.41, 5.74) is 0. The summed E-state index contributed by atoms with van der Waals surface area (Å²) in [5, 5.41) is 0. The van der Waals surface area contributed by atoms with Crippen LogP contribution < -0.4 is 0 Å². The van der Waals surface area contributed by atoms with Crippen molar-refractivity contribution < 1.29 is 28.6 Å². The Labute approximate surface area is 392 Å². The second-order valence-corrected chi connectivity index (χ2v) is 16.2. The molecule has 0 amide bonds. The molecule has 6 nitrogen and oxygen atoms in total. The summed E-state index contributed by atoms with van der Waals surface area (Å²) in [4.78, 5) is 37.9. The van der Waals surface area contributed by atoms with Gasteiger partial charge in [0.2, 0.25) is 0 Å². The molecule has 0 heterocycles. The summed E-state index contributed by atoms with van der Waals surface area (Å²) in [7, 11) is 0. The first-order chi connectivity index (χ1) is 31.5. The Balaban J connectivity index is 4.57. The third-order valence-electron chi connectivity index (χ3n) is 10.1. The molecule has 0 bridgehead atoms. The first-order valence-corrected chi connectivity index (χ1v) is 25.3. The Bertz CT molecular complexity index is 1430. The lowest BCUT2D eigenvalue weighted by molar-refractivity contribution is -0.166. The van der Waals surface area contributed by atoms with Gasteiger partial charge in [0.25, 0.3) is 0 Å². The molecule has 0 aliphatic rings. The van der Waals surface area contributed by atoms with Gasteiger partial charge in [-0.2, -0.15) is 0 Å². The average molecular weight is 883 g/mol. The molecule has 1 unspecified atom stereocenters. The molecular weight excluding hydrogens is 793 g/mol. The average Bonchev–Trinajstić information content (AvgIpc) is 3.29. The number of rotatable bonds is 43. The third-order valence-corrected chi connectivity index (χ3v) is 10.1. The molecule has 64 heavy (non-hydrogen) atoms. The van der Waals surface area contributed by atoms with Gasteiger partial charge in [-0.3, -0.25) is 14.4 Å². The maximum absolute atomic E-state index is 12.8. The molecule has 358 valence electrons. The topological polar surface area (TPSA) is 78.9 Å². The van der Waals surface area contributed by atoms with E-state index < -0.39 is 6.10 Å². The van der Waals surface area contributed by atoms with Gasteiger partial charge in [-0.1, -0.05) is 231 Å². The van der Waals surface area contributed by atoms with Gasteiger partial charge < -0.3 is 14.2 Å². The fourth-order valence-corrected chi connectivity index (χ4v) is 6.30. The molecule has 0 radical (unpaired) electrons. The highest BCUT2D eigenvalue weighted by molar-refractivity contribution is 5.71. The van der Waals surface area contributed by atoms with Crippen LogP contribution >= 0.6 is 0 Å². The lowest BCUT2D eigenvalue weighted by Gasteiger charge is -2.18. The summed E-state index contributed by atoms with van der Waals surface area (Å²) >= 11 is 0. The van der Waals surface area contributed by atoms with Crippen molar-refractivity contribution in [3.05, 3.63) is 134 Å². The van der Waals surface area contributed by atoms with Crippen LogP contribution in [0, 0.1) is 0 Å². The maximum atomic E-state index is 12.8. The van der Waals surface area contributed by atoms with Crippen molar-refractivity contribution in [1.29, 1.82) is 0 Å². The molecule has 0 aliphatic heterocycles. The van der Waals surface area contributed by atoms with Crippen molar-refractivity contribution in [3.63, 3.8) is 0 Å². The molecule has 0 spiro atoms. The van der Waals surface area contributed by atoms with E-state index in [9.17, 15) is 14.4 Å². The highest BCUT2D eigenvalue weighted by Gasteiger charge is 2.19. The van der Waals surface area contributed by atoms with Crippen LogP contribution in [0.5, 0.6) is 0 Å². The largest absolute Gasteiger partial charge is 0.462 e. The first-order valence-electron chi connectivity index (χ1n) is 25.3. The second-order valence-electron chi connectivity index (χ2n) is 16.2. The molecule has 0 aromatic carbocycles. The lowest BCUT2D eigenvalue weighted by atomic mass is 10.1. The number of unbranched alkanes of at least 4 members (excludes halogenated alkanes) is 17. The lowest BCUT2D eigenvalue weighted by Crippen LogP contribution is -2.30. The van der Waals surface area contributed by atoms with E-state index in [0.29, 0.717) is 12.8 Å². The molecule has 0 N–H and O–H groups in total. The number of carbonyl (C=O) groups is 3. The summed E-state index contributed by atoms with van der Waals surface area (Å²) in [6.07, 6.45) is 71.5. The van der Waals surface area contributed by atoms with Gasteiger partial charge in [0, 0.05) is 19.3 Å². The van der Waals surface area contributed by atoms with E-state index in [1.807, 2.05) is 66.8 Å². The molecule has 0 fully saturated rings. The van der Waals surface area contributed by atoms with Crippen LogP contribution in [-0.4, -0.2) is 37.2 Å². The van der Waals surface area contributed by atoms with E-state index in [-0.39, 0.29) is 44.0 Å². The van der Waals surface area contributed by atoms with Crippen molar-refractivity contribution in [3.8, 4) is 0 Å². The van der Waals surface area contributed by atoms with Gasteiger partial charge in [0.1, 0.15) is 13.2 Å². The normalized spacial score (nSPS) is 13.2. The van der Waals surface area contributed by atoms with E-state index in [1.54, 1.807) is 0 Å². The van der Waals surface area contributed by atoms with Crippen molar-refractivity contribution in [2.75, 3.05) is 13.2 Å². The predicted octanol–water partition coefficient (Wildman–Crippen LogP) is 16.7. The van der Waals surface area contributed by atoms with Crippen LogP contribution in [0.4, 0.5) is 0 Å². The quantitative estimate of drug-likeness (QED) is 0.0200. The van der Waals surface area contributed by atoms with Crippen LogP contribution in [0.2, 0.25) is 0 Å². The zero-order chi connectivity index (χ0) is 46.5. The van der Waals surface area contributed by atoms with E-state index in [4.69, 9.17) is 14.2 Å². The van der Waals surface area contributed by atoms with E-state index in [1.165, 1.54) is 44.9 Å². The summed E-state index contributed by atoms with van der Waals surface area (Å²) in [6.45, 7) is 6.28. The van der Waals surface area contributed by atoms with Crippen LogP contribution in [0.3, 0.4) is 0 Å². The Hall–Kier alpha value is -4.45. The Kier molecular flexibility index (Phi) is 47.6. The third kappa shape index (κ3) is 48.6. The fourth-order valence-electron chi connectivity index (χ4n) is 6.30. The van der Waals surface area contributed by atoms with Crippen LogP contribution in [0.25, 0.3) is 0 Å². The molecule has 0 aliphatic carbocycles. The molecule has 6 heteroatoms. The summed E-state index contributed by atoms with van der Waals surface area (Å²) < 4.78 is 16.7. The minimum Gasteiger partial charge on any atom is -0.462 e. The highest BCUT2D eigenvalue weighted by atomic mass is 16.6. The molecular formula is C58H90O6. The van der Waals surface area contributed by atoms with E-state index in [0.717, 1.165) is 103 Å². The van der Waals surface area contributed by atoms with Crippen molar-refractivity contribution in [2.45, 2.75) is 200 Å². The Morgan fingerprint density at radius 1 is 0.344 bits per heavy atom. The minimum absolute atomic E-state index is 0.124. The van der Waals surface area contributed by atoms with Gasteiger partial charge in [-0.15, -0.1) is 0 Å². The van der Waals surface area contributed by atoms with Crippen molar-refractivity contribution in [2.24, 2.45) is 0 Å². The van der Waals surface area contributed by atoms with Gasteiger partial charge >= 0.3 is 17.9 Å². The van der Waals surface area contributed by atoms with Crippen molar-refractivity contribution in [1.82, 2.24) is 0 Å². The molecule has 0 saturated heterocycles. The van der Waals surface area contributed by atoms with Crippen LogP contribution in [0.15, 0.2) is 134 Å². The minimum atomic E-state index is -0.828. The van der Waals surface area contributed by atoms with Crippen molar-refractivity contribution >= 4 is 17.9 Å². The summed E-state index contributed by atoms with van der Waals surface area (Å²) in [6, 6.07) is 0. The van der Waals surface area contributed by atoms with Gasteiger partial charge in [0.05, 0.1) is 0 Å². The predicted molar refractivity (Wildman–Crippen MR) is 274 cm³/mol. The number of ether oxygens (including phenoxy) is 3. The monoisotopic (exact) mass is 883 g/mol. The van der Waals surface area contributed by atoms with E-state index >= 15 is 0 Å². The standard InChI is InChI=1S/C58H90O6/c1-4-7-10-13-16-19-22-25-27-28-29-31-33-36-39-42-45-48-51-57(60)63-54-55(53-62-56(59)50-47-44-41-38-35-32-24-21-18-15-12-9-6-3)64-58(61)52-49-46-43-40-37-34-30-26-23-20-17-14-11-8-5-2/h8,10-11,13-14,16-17,19-20,22-23,25-32,35,41,44,55H,4-7,9,12,15,18,21,24,33-34,36-40,42-43,45-54H2,1-3H3/b11-8-,13-10-,17-14-,19-16-,23-20-,25-22-,28-27-,30-26-,31-29-,35-32-,44-41-. The Morgan fingerprint density at radius 2 is 0.734 bits per heavy atom. The maximum Gasteiger partial charge on any atom is 0.306 e. The first kappa shape index (κ1) is 59.5. The fraction of sp³-hybridized carbons (Fsp3) is 0.569. The van der Waals surface area contributed by atoms with Gasteiger partial charge in [-0.05, 0) is 77.0 Å². The van der Waals surface area contributed by atoms with E-state index in [2.05, 4.69) is 87.6 Å². The molecule has 0 aromatic heterocycles. The molecule has 0 aromatic rings. The molecule has 0 saturated carbocycles. The second kappa shape index (κ2) is 51.2. The zero-order valence-electron chi connectivity index (χ0n) is 40.7. The number of carbonyl (C=O) groups excluding carboxylic acids is 3. The highest BCUT2D eigenvalue weighted by Crippen LogP contribution is 2.12. The number of hydrogen-bond donors (Lipinski definition) is 0.